The zero-order chi connectivity index (χ0) is 17.9. The number of amides is 1. The maximum Gasteiger partial charge on any atom is 0.223 e. The van der Waals surface area contributed by atoms with Crippen molar-refractivity contribution >= 4 is 17.4 Å². The summed E-state index contributed by atoms with van der Waals surface area (Å²) < 4.78 is 1.76. The van der Waals surface area contributed by atoms with E-state index in [1.54, 1.807) is 4.52 Å². The molecule has 1 saturated heterocycles. The molecule has 3 aromatic rings. The van der Waals surface area contributed by atoms with E-state index < -0.39 is 0 Å². The monoisotopic (exact) mass is 350 g/mol. The first-order chi connectivity index (χ1) is 12.7. The Labute approximate surface area is 152 Å². The molecule has 1 amide bonds. The summed E-state index contributed by atoms with van der Waals surface area (Å²) >= 11 is 0. The molecule has 0 saturated carbocycles. The largest absolute Gasteiger partial charge is 0.355 e. The third-order valence-corrected chi connectivity index (χ3v) is 4.90. The van der Waals surface area contributed by atoms with Gasteiger partial charge in [-0.25, -0.2) is 0 Å². The van der Waals surface area contributed by atoms with E-state index >= 15 is 0 Å². The Bertz CT molecular complexity index is 899. The minimum absolute atomic E-state index is 0.0651. The summed E-state index contributed by atoms with van der Waals surface area (Å²) in [6.45, 7) is 4.12. The highest BCUT2D eigenvalue weighted by atomic mass is 16.1. The van der Waals surface area contributed by atoms with Crippen molar-refractivity contribution in [1.29, 1.82) is 0 Å². The number of carbonyl (C=O) groups is 1. The third kappa shape index (κ3) is 3.37. The van der Waals surface area contributed by atoms with Gasteiger partial charge in [-0.2, -0.15) is 4.52 Å². The number of nitrogens with one attached hydrogen (secondary N) is 1. The molecule has 134 valence electrons. The number of hydrogen-bond acceptors (Lipinski definition) is 5. The molecule has 1 N–H and O–H groups in total. The van der Waals surface area contributed by atoms with Gasteiger partial charge in [0.25, 0.3) is 0 Å². The van der Waals surface area contributed by atoms with E-state index in [1.807, 2.05) is 49.4 Å². The van der Waals surface area contributed by atoms with E-state index in [1.165, 1.54) is 0 Å². The Morgan fingerprint density at radius 3 is 2.65 bits per heavy atom. The third-order valence-electron chi connectivity index (χ3n) is 4.90. The highest BCUT2D eigenvalue weighted by Gasteiger charge is 2.25. The molecule has 3 heterocycles. The Morgan fingerprint density at radius 1 is 1.12 bits per heavy atom. The molecule has 4 rings (SSSR count). The van der Waals surface area contributed by atoms with Crippen LogP contribution in [0.15, 0.2) is 42.5 Å². The molecule has 1 aliphatic heterocycles. The van der Waals surface area contributed by atoms with Crippen LogP contribution < -0.4 is 10.2 Å². The lowest BCUT2D eigenvalue weighted by atomic mass is 9.96. The summed E-state index contributed by atoms with van der Waals surface area (Å²) in [6, 6.07) is 13.9. The van der Waals surface area contributed by atoms with Gasteiger partial charge in [0.1, 0.15) is 5.82 Å². The van der Waals surface area contributed by atoms with Crippen LogP contribution in [0.4, 0.5) is 5.82 Å². The van der Waals surface area contributed by atoms with Crippen LogP contribution >= 0.6 is 0 Å². The number of rotatable bonds is 4. The van der Waals surface area contributed by atoms with Crippen molar-refractivity contribution in [3.05, 3.63) is 53.9 Å². The van der Waals surface area contributed by atoms with Gasteiger partial charge in [0.15, 0.2) is 11.5 Å². The van der Waals surface area contributed by atoms with Gasteiger partial charge in [0, 0.05) is 25.6 Å². The van der Waals surface area contributed by atoms with Crippen molar-refractivity contribution in [2.24, 2.45) is 5.92 Å². The van der Waals surface area contributed by atoms with Crippen molar-refractivity contribution in [3.63, 3.8) is 0 Å². The lowest BCUT2D eigenvalue weighted by molar-refractivity contribution is -0.125. The normalized spacial score (nSPS) is 15.3. The lowest BCUT2D eigenvalue weighted by Crippen LogP contribution is -2.40. The molecule has 26 heavy (non-hydrogen) atoms. The molecule has 1 aliphatic rings. The fourth-order valence-corrected chi connectivity index (χ4v) is 3.36. The van der Waals surface area contributed by atoms with Gasteiger partial charge >= 0.3 is 0 Å². The van der Waals surface area contributed by atoms with E-state index in [0.717, 1.165) is 48.8 Å². The number of piperidine rings is 1. The number of nitrogens with zero attached hydrogens (tertiary/aromatic N) is 5. The van der Waals surface area contributed by atoms with Crippen LogP contribution in [0.25, 0.3) is 5.65 Å². The van der Waals surface area contributed by atoms with Gasteiger partial charge in [0.05, 0.1) is 0 Å². The molecule has 7 nitrogen and oxygen atoms in total. The first kappa shape index (κ1) is 16.5. The number of aryl methyl sites for hydroxylation is 1. The van der Waals surface area contributed by atoms with E-state index in [0.29, 0.717) is 6.54 Å². The Kier molecular flexibility index (Phi) is 4.51. The van der Waals surface area contributed by atoms with Gasteiger partial charge in [-0.3, -0.25) is 4.79 Å². The van der Waals surface area contributed by atoms with Gasteiger partial charge in [-0.1, -0.05) is 30.3 Å². The minimum atomic E-state index is 0.0651. The molecular weight excluding hydrogens is 328 g/mol. The van der Waals surface area contributed by atoms with Gasteiger partial charge in [-0.15, -0.1) is 15.3 Å². The molecule has 0 radical (unpaired) electrons. The van der Waals surface area contributed by atoms with Crippen molar-refractivity contribution < 1.29 is 4.79 Å². The van der Waals surface area contributed by atoms with Crippen molar-refractivity contribution in [1.82, 2.24) is 25.1 Å². The predicted octanol–water partition coefficient (Wildman–Crippen LogP) is 1.97. The molecule has 0 atom stereocenters. The second-order valence-corrected chi connectivity index (χ2v) is 6.67. The molecule has 0 spiro atoms. The summed E-state index contributed by atoms with van der Waals surface area (Å²) in [7, 11) is 0. The Balaban J connectivity index is 1.34. The van der Waals surface area contributed by atoms with E-state index in [9.17, 15) is 4.79 Å². The number of benzene rings is 1. The summed E-state index contributed by atoms with van der Waals surface area (Å²) in [5, 5.41) is 15.8. The SMILES string of the molecule is Cc1nnc2ccc(N3CCC(C(=O)NCc4ccccc4)CC3)nn12. The summed E-state index contributed by atoms with van der Waals surface area (Å²) in [6.07, 6.45) is 1.67. The highest BCUT2D eigenvalue weighted by molar-refractivity contribution is 5.79. The second-order valence-electron chi connectivity index (χ2n) is 6.67. The van der Waals surface area contributed by atoms with Crippen molar-refractivity contribution in [2.45, 2.75) is 26.3 Å². The van der Waals surface area contributed by atoms with Crippen molar-refractivity contribution in [2.75, 3.05) is 18.0 Å². The van der Waals surface area contributed by atoms with Gasteiger partial charge in [0.2, 0.25) is 5.91 Å². The first-order valence-electron chi connectivity index (χ1n) is 8.96. The lowest BCUT2D eigenvalue weighted by Gasteiger charge is -2.32. The number of fused-ring (bicyclic) bond motifs is 1. The van der Waals surface area contributed by atoms with Crippen LogP contribution in [0.3, 0.4) is 0 Å². The van der Waals surface area contributed by atoms with Crippen LogP contribution in [0, 0.1) is 12.8 Å². The van der Waals surface area contributed by atoms with Crippen LogP contribution in [0.2, 0.25) is 0 Å². The number of hydrogen-bond donors (Lipinski definition) is 1. The standard InChI is InChI=1S/C19H22N6O/c1-14-21-22-17-7-8-18(23-25(14)17)24-11-9-16(10-12-24)19(26)20-13-15-5-3-2-4-6-15/h2-8,16H,9-13H2,1H3,(H,20,26). The van der Waals surface area contributed by atoms with Crippen LogP contribution in [-0.2, 0) is 11.3 Å². The van der Waals surface area contributed by atoms with Crippen molar-refractivity contribution in [3.8, 4) is 0 Å². The average Bonchev–Trinajstić information content (AvgIpc) is 3.07. The van der Waals surface area contributed by atoms with Gasteiger partial charge < -0.3 is 10.2 Å². The topological polar surface area (TPSA) is 75.4 Å². The summed E-state index contributed by atoms with van der Waals surface area (Å²) in [5.41, 5.74) is 1.88. The summed E-state index contributed by atoms with van der Waals surface area (Å²) in [4.78, 5) is 14.7. The Hall–Kier alpha value is -2.96. The zero-order valence-electron chi connectivity index (χ0n) is 14.8. The van der Waals surface area contributed by atoms with Crippen LogP contribution in [-0.4, -0.2) is 38.8 Å². The first-order valence-corrected chi connectivity index (χ1v) is 8.96. The van der Waals surface area contributed by atoms with E-state index in [2.05, 4.69) is 25.5 Å². The quantitative estimate of drug-likeness (QED) is 0.778. The number of aromatic nitrogens is 4. The predicted molar refractivity (Wildman–Crippen MR) is 98.7 cm³/mol. The maximum atomic E-state index is 12.4. The van der Waals surface area contributed by atoms with E-state index in [4.69, 9.17) is 0 Å². The molecule has 0 aliphatic carbocycles. The fourth-order valence-electron chi connectivity index (χ4n) is 3.36. The number of carbonyl (C=O) groups excluding carboxylic acids is 1. The van der Waals surface area contributed by atoms with Crippen LogP contribution in [0.5, 0.6) is 0 Å². The highest BCUT2D eigenvalue weighted by Crippen LogP contribution is 2.22. The van der Waals surface area contributed by atoms with Crippen LogP contribution in [0.1, 0.15) is 24.2 Å². The molecule has 7 heteroatoms. The zero-order valence-corrected chi connectivity index (χ0v) is 14.8. The summed E-state index contributed by atoms with van der Waals surface area (Å²) in [5.74, 6) is 1.89. The second kappa shape index (κ2) is 7.11. The molecular formula is C19H22N6O. The Morgan fingerprint density at radius 2 is 1.88 bits per heavy atom. The minimum Gasteiger partial charge on any atom is -0.355 e. The average molecular weight is 350 g/mol. The molecule has 1 fully saturated rings. The smallest absolute Gasteiger partial charge is 0.223 e. The number of anilines is 1. The molecule has 0 unspecified atom stereocenters. The maximum absolute atomic E-state index is 12.4. The van der Waals surface area contributed by atoms with Gasteiger partial charge in [-0.05, 0) is 37.5 Å². The molecule has 1 aromatic carbocycles. The molecule has 2 aromatic heterocycles. The molecule has 0 bridgehead atoms. The van der Waals surface area contributed by atoms with E-state index in [-0.39, 0.29) is 11.8 Å². The fraction of sp³-hybridized carbons (Fsp3) is 0.368.